The number of sulfonamides is 1. The van der Waals surface area contributed by atoms with Gasteiger partial charge in [0.1, 0.15) is 0 Å². The number of morpholine rings is 1. The lowest BCUT2D eigenvalue weighted by molar-refractivity contribution is 0.0357. The molecule has 0 spiro atoms. The average molecular weight is 252 g/mol. The van der Waals surface area contributed by atoms with E-state index in [-0.39, 0.29) is 11.8 Å². The summed E-state index contributed by atoms with van der Waals surface area (Å²) in [5.41, 5.74) is 5.53. The first-order valence-electron chi connectivity index (χ1n) is 5.38. The summed E-state index contributed by atoms with van der Waals surface area (Å²) in [6.07, 6.45) is 0.507. The van der Waals surface area contributed by atoms with Crippen LogP contribution in [0.25, 0.3) is 0 Å². The quantitative estimate of drug-likeness (QED) is 0.614. The molecular formula is C9H20N2O4S. The Bertz CT molecular complexity index is 294. The third-order valence-corrected chi connectivity index (χ3v) is 4.55. The topological polar surface area (TPSA) is 81.9 Å². The number of rotatable bonds is 6. The van der Waals surface area contributed by atoms with E-state index in [0.29, 0.717) is 39.3 Å². The molecule has 1 saturated heterocycles. The summed E-state index contributed by atoms with van der Waals surface area (Å²) in [6.45, 7) is 1.98. The van der Waals surface area contributed by atoms with Crippen molar-refractivity contribution in [1.82, 2.24) is 4.31 Å². The van der Waals surface area contributed by atoms with Crippen LogP contribution in [0.4, 0.5) is 0 Å². The van der Waals surface area contributed by atoms with E-state index in [4.69, 9.17) is 15.2 Å². The Labute approximate surface area is 96.7 Å². The zero-order valence-electron chi connectivity index (χ0n) is 9.59. The maximum Gasteiger partial charge on any atom is 0.214 e. The molecule has 1 aliphatic heterocycles. The van der Waals surface area contributed by atoms with Crippen molar-refractivity contribution in [2.75, 3.05) is 45.8 Å². The fourth-order valence-corrected chi connectivity index (χ4v) is 3.37. The van der Waals surface area contributed by atoms with Gasteiger partial charge in [0.05, 0.1) is 25.0 Å². The molecule has 0 saturated carbocycles. The van der Waals surface area contributed by atoms with Crippen LogP contribution in [0, 0.1) is 0 Å². The van der Waals surface area contributed by atoms with E-state index in [1.54, 1.807) is 7.11 Å². The van der Waals surface area contributed by atoms with E-state index in [9.17, 15) is 8.42 Å². The second-order valence-electron chi connectivity index (χ2n) is 3.74. The second-order valence-corrected chi connectivity index (χ2v) is 5.78. The van der Waals surface area contributed by atoms with Gasteiger partial charge in [-0.3, -0.25) is 0 Å². The van der Waals surface area contributed by atoms with Crippen molar-refractivity contribution in [2.45, 2.75) is 12.5 Å². The maximum atomic E-state index is 12.0. The van der Waals surface area contributed by atoms with E-state index < -0.39 is 10.0 Å². The largest absolute Gasteiger partial charge is 0.385 e. The fraction of sp³-hybridized carbons (Fsp3) is 1.00. The Morgan fingerprint density at radius 1 is 1.56 bits per heavy atom. The van der Waals surface area contributed by atoms with Gasteiger partial charge in [-0.2, -0.15) is 4.31 Å². The van der Waals surface area contributed by atoms with Gasteiger partial charge in [-0.05, 0) is 6.42 Å². The first-order valence-corrected chi connectivity index (χ1v) is 6.99. The van der Waals surface area contributed by atoms with E-state index in [2.05, 4.69) is 0 Å². The van der Waals surface area contributed by atoms with Crippen molar-refractivity contribution in [3.8, 4) is 0 Å². The van der Waals surface area contributed by atoms with E-state index in [0.717, 1.165) is 0 Å². The van der Waals surface area contributed by atoms with Gasteiger partial charge in [0.15, 0.2) is 0 Å². The number of nitrogens with zero attached hydrogens (tertiary/aromatic N) is 1. The maximum absolute atomic E-state index is 12.0. The highest BCUT2D eigenvalue weighted by Crippen LogP contribution is 2.12. The molecule has 0 amide bonds. The molecule has 1 aliphatic rings. The second kappa shape index (κ2) is 6.51. The van der Waals surface area contributed by atoms with Gasteiger partial charge in [-0.25, -0.2) is 8.42 Å². The van der Waals surface area contributed by atoms with E-state index in [1.165, 1.54) is 4.31 Å². The van der Waals surface area contributed by atoms with Crippen LogP contribution in [0.1, 0.15) is 6.42 Å². The van der Waals surface area contributed by atoms with Gasteiger partial charge in [0.2, 0.25) is 10.0 Å². The molecule has 16 heavy (non-hydrogen) atoms. The summed E-state index contributed by atoms with van der Waals surface area (Å²) < 4.78 is 35.5. The first-order chi connectivity index (χ1) is 7.61. The van der Waals surface area contributed by atoms with E-state index in [1.807, 2.05) is 0 Å². The SMILES string of the molecule is COCCCS(=O)(=O)N1CCOCC1CN. The number of ether oxygens (including phenoxy) is 2. The highest BCUT2D eigenvalue weighted by molar-refractivity contribution is 7.89. The molecule has 0 bridgehead atoms. The molecule has 2 N–H and O–H groups in total. The molecule has 1 heterocycles. The summed E-state index contributed by atoms with van der Waals surface area (Å²) in [5, 5.41) is 0. The van der Waals surface area contributed by atoms with E-state index >= 15 is 0 Å². The van der Waals surface area contributed by atoms with Crippen molar-refractivity contribution in [3.05, 3.63) is 0 Å². The molecular weight excluding hydrogens is 232 g/mol. The Kier molecular flexibility index (Phi) is 5.63. The molecule has 6 nitrogen and oxygen atoms in total. The molecule has 0 aromatic heterocycles. The van der Waals surface area contributed by atoms with Gasteiger partial charge in [0, 0.05) is 26.8 Å². The van der Waals surface area contributed by atoms with Gasteiger partial charge in [0.25, 0.3) is 0 Å². The molecule has 1 fully saturated rings. The molecule has 0 aliphatic carbocycles. The zero-order valence-corrected chi connectivity index (χ0v) is 10.4. The number of hydrogen-bond donors (Lipinski definition) is 1. The molecule has 0 radical (unpaired) electrons. The number of nitrogens with two attached hydrogens (primary N) is 1. The van der Waals surface area contributed by atoms with Crippen LogP contribution < -0.4 is 5.73 Å². The lowest BCUT2D eigenvalue weighted by Crippen LogP contribution is -2.52. The molecule has 1 unspecified atom stereocenters. The monoisotopic (exact) mass is 252 g/mol. The predicted molar refractivity (Wildman–Crippen MR) is 60.6 cm³/mol. The van der Waals surface area contributed by atoms with Gasteiger partial charge in [-0.15, -0.1) is 0 Å². The Morgan fingerprint density at radius 2 is 2.31 bits per heavy atom. The summed E-state index contributed by atoms with van der Waals surface area (Å²) in [6, 6.07) is -0.221. The van der Waals surface area contributed by atoms with Crippen LogP contribution in [0.5, 0.6) is 0 Å². The standard InChI is InChI=1S/C9H20N2O4S/c1-14-4-2-6-16(12,13)11-3-5-15-8-9(11)7-10/h9H,2-8,10H2,1H3. The van der Waals surface area contributed by atoms with Gasteiger partial charge >= 0.3 is 0 Å². The Hall–Kier alpha value is -0.210. The minimum absolute atomic E-state index is 0.108. The van der Waals surface area contributed by atoms with Crippen molar-refractivity contribution >= 4 is 10.0 Å². The minimum atomic E-state index is -3.22. The highest BCUT2D eigenvalue weighted by atomic mass is 32.2. The first kappa shape index (κ1) is 13.9. The molecule has 1 atom stereocenters. The molecule has 0 aromatic rings. The Balaban J connectivity index is 2.57. The van der Waals surface area contributed by atoms with Crippen molar-refractivity contribution < 1.29 is 17.9 Å². The molecule has 96 valence electrons. The zero-order chi connectivity index (χ0) is 12.0. The van der Waals surface area contributed by atoms with Gasteiger partial charge < -0.3 is 15.2 Å². The van der Waals surface area contributed by atoms with Crippen molar-refractivity contribution in [1.29, 1.82) is 0 Å². The number of hydrogen-bond acceptors (Lipinski definition) is 5. The summed E-state index contributed by atoms with van der Waals surface area (Å²) in [5.74, 6) is 0.108. The third-order valence-electron chi connectivity index (χ3n) is 2.55. The smallest absolute Gasteiger partial charge is 0.214 e. The average Bonchev–Trinajstić information content (AvgIpc) is 2.29. The molecule has 7 heteroatoms. The fourth-order valence-electron chi connectivity index (χ4n) is 1.69. The van der Waals surface area contributed by atoms with Gasteiger partial charge in [-0.1, -0.05) is 0 Å². The van der Waals surface area contributed by atoms with Crippen molar-refractivity contribution in [2.24, 2.45) is 5.73 Å². The van der Waals surface area contributed by atoms with Crippen LogP contribution in [0.3, 0.4) is 0 Å². The molecule has 0 aromatic carbocycles. The minimum Gasteiger partial charge on any atom is -0.385 e. The Morgan fingerprint density at radius 3 is 2.94 bits per heavy atom. The van der Waals surface area contributed by atoms with Crippen LogP contribution in [0.2, 0.25) is 0 Å². The van der Waals surface area contributed by atoms with Crippen LogP contribution >= 0.6 is 0 Å². The third kappa shape index (κ3) is 3.67. The highest BCUT2D eigenvalue weighted by Gasteiger charge is 2.31. The van der Waals surface area contributed by atoms with Crippen LogP contribution in [0.15, 0.2) is 0 Å². The van der Waals surface area contributed by atoms with Crippen molar-refractivity contribution in [3.63, 3.8) is 0 Å². The summed E-state index contributed by atoms with van der Waals surface area (Å²) >= 11 is 0. The van der Waals surface area contributed by atoms with Crippen LogP contribution in [-0.2, 0) is 19.5 Å². The summed E-state index contributed by atoms with van der Waals surface area (Å²) in [7, 11) is -1.66. The predicted octanol–water partition coefficient (Wildman–Crippen LogP) is -0.988. The normalized spacial score (nSPS) is 23.5. The lowest BCUT2D eigenvalue weighted by Gasteiger charge is -2.33. The number of methoxy groups -OCH3 is 1. The van der Waals surface area contributed by atoms with Crippen LogP contribution in [-0.4, -0.2) is 64.5 Å². The lowest BCUT2D eigenvalue weighted by atomic mass is 10.3. The molecule has 1 rings (SSSR count). The summed E-state index contributed by atoms with van der Waals surface area (Å²) in [4.78, 5) is 0.